The van der Waals surface area contributed by atoms with Crippen molar-refractivity contribution in [2.45, 2.75) is 6.92 Å². The predicted octanol–water partition coefficient (Wildman–Crippen LogP) is 3.91. The third-order valence-electron chi connectivity index (χ3n) is 4.25. The second-order valence-corrected chi connectivity index (χ2v) is 6.20. The zero-order valence-corrected chi connectivity index (χ0v) is 16.4. The highest BCUT2D eigenvalue weighted by atomic mass is 16.5. The van der Waals surface area contributed by atoms with Crippen LogP contribution < -0.4 is 20.1 Å². The molecule has 2 N–H and O–H groups in total. The van der Waals surface area contributed by atoms with E-state index < -0.39 is 5.91 Å². The van der Waals surface area contributed by atoms with Crippen LogP contribution in [0.2, 0.25) is 0 Å². The van der Waals surface area contributed by atoms with Crippen molar-refractivity contribution in [1.82, 2.24) is 4.98 Å². The van der Waals surface area contributed by atoms with Gasteiger partial charge in [-0.25, -0.2) is 4.98 Å². The number of amides is 2. The van der Waals surface area contributed by atoms with E-state index in [0.717, 1.165) is 5.56 Å². The molecule has 0 unspecified atom stereocenters. The van der Waals surface area contributed by atoms with E-state index in [2.05, 4.69) is 15.6 Å². The molecule has 3 rings (SSSR count). The monoisotopic (exact) mass is 391 g/mol. The van der Waals surface area contributed by atoms with Crippen molar-refractivity contribution in [3.8, 4) is 11.5 Å². The summed E-state index contributed by atoms with van der Waals surface area (Å²) in [5.41, 5.74) is 2.41. The van der Waals surface area contributed by atoms with Gasteiger partial charge >= 0.3 is 0 Å². The third kappa shape index (κ3) is 4.70. The first kappa shape index (κ1) is 19.9. The van der Waals surface area contributed by atoms with Gasteiger partial charge in [-0.2, -0.15) is 0 Å². The number of rotatable bonds is 6. The van der Waals surface area contributed by atoms with Crippen molar-refractivity contribution in [2.24, 2.45) is 0 Å². The Morgan fingerprint density at radius 2 is 1.45 bits per heavy atom. The minimum atomic E-state index is -0.442. The highest BCUT2D eigenvalue weighted by Crippen LogP contribution is 2.29. The summed E-state index contributed by atoms with van der Waals surface area (Å²) in [5, 5.41) is 5.55. The number of hydrogen-bond donors (Lipinski definition) is 2. The van der Waals surface area contributed by atoms with E-state index in [4.69, 9.17) is 9.47 Å². The van der Waals surface area contributed by atoms with Gasteiger partial charge in [-0.15, -0.1) is 0 Å². The van der Waals surface area contributed by atoms with Crippen LogP contribution >= 0.6 is 0 Å². The molecule has 1 aromatic heterocycles. The van der Waals surface area contributed by atoms with Crippen LogP contribution in [0.25, 0.3) is 0 Å². The fraction of sp³-hybridized carbons (Fsp3) is 0.136. The average molecular weight is 391 g/mol. The molecular weight excluding hydrogens is 370 g/mol. The molecule has 2 amide bonds. The van der Waals surface area contributed by atoms with E-state index in [1.807, 2.05) is 25.1 Å². The fourth-order valence-electron chi connectivity index (χ4n) is 2.70. The molecule has 0 aliphatic carbocycles. The summed E-state index contributed by atoms with van der Waals surface area (Å²) in [6, 6.07) is 17.2. The van der Waals surface area contributed by atoms with Crippen LogP contribution in [0.15, 0.2) is 60.7 Å². The van der Waals surface area contributed by atoms with Crippen molar-refractivity contribution in [2.75, 3.05) is 24.9 Å². The standard InChI is InChI=1S/C22H21N3O4/c1-14-7-4-5-8-16(14)25-22(27)18-10-6-9-17(24-18)21(26)23-15-11-12-19(28-2)20(13-15)29-3/h4-13H,1-3H3,(H,23,26)(H,25,27). The largest absolute Gasteiger partial charge is 0.493 e. The van der Waals surface area contributed by atoms with Crippen molar-refractivity contribution in [1.29, 1.82) is 0 Å². The van der Waals surface area contributed by atoms with E-state index in [9.17, 15) is 9.59 Å². The second-order valence-electron chi connectivity index (χ2n) is 6.20. The van der Waals surface area contributed by atoms with E-state index in [1.165, 1.54) is 14.2 Å². The quantitative estimate of drug-likeness (QED) is 0.665. The Kier molecular flexibility index (Phi) is 6.09. The predicted molar refractivity (Wildman–Crippen MR) is 111 cm³/mol. The fourth-order valence-corrected chi connectivity index (χ4v) is 2.70. The van der Waals surface area contributed by atoms with Gasteiger partial charge in [0.15, 0.2) is 11.5 Å². The van der Waals surface area contributed by atoms with Gasteiger partial charge in [-0.05, 0) is 42.8 Å². The number of benzene rings is 2. The number of carbonyl (C=O) groups is 2. The Hall–Kier alpha value is -3.87. The van der Waals surface area contributed by atoms with Gasteiger partial charge in [0.2, 0.25) is 0 Å². The van der Waals surface area contributed by atoms with E-state index in [1.54, 1.807) is 42.5 Å². The number of pyridine rings is 1. The van der Waals surface area contributed by atoms with Crippen LogP contribution in [0, 0.1) is 6.92 Å². The lowest BCUT2D eigenvalue weighted by molar-refractivity contribution is 0.101. The number of para-hydroxylation sites is 1. The van der Waals surface area contributed by atoms with Gasteiger partial charge in [0.05, 0.1) is 14.2 Å². The molecule has 7 nitrogen and oxygen atoms in total. The number of carbonyl (C=O) groups excluding carboxylic acids is 2. The first-order valence-electron chi connectivity index (χ1n) is 8.89. The summed E-state index contributed by atoms with van der Waals surface area (Å²) in [4.78, 5) is 29.3. The minimum absolute atomic E-state index is 0.122. The SMILES string of the molecule is COc1ccc(NC(=O)c2cccc(C(=O)Nc3ccccc3C)n2)cc1OC. The van der Waals surface area contributed by atoms with Crippen molar-refractivity contribution < 1.29 is 19.1 Å². The number of nitrogens with zero attached hydrogens (tertiary/aromatic N) is 1. The van der Waals surface area contributed by atoms with E-state index in [0.29, 0.717) is 22.9 Å². The van der Waals surface area contributed by atoms with Gasteiger partial charge in [0, 0.05) is 17.4 Å². The molecule has 0 saturated heterocycles. The maximum absolute atomic E-state index is 12.6. The Morgan fingerprint density at radius 1 is 0.793 bits per heavy atom. The maximum atomic E-state index is 12.6. The molecule has 0 saturated carbocycles. The molecule has 0 spiro atoms. The maximum Gasteiger partial charge on any atom is 0.274 e. The van der Waals surface area contributed by atoms with Gasteiger partial charge < -0.3 is 20.1 Å². The van der Waals surface area contributed by atoms with Crippen LogP contribution in [0.1, 0.15) is 26.5 Å². The van der Waals surface area contributed by atoms with Gasteiger partial charge in [0.1, 0.15) is 11.4 Å². The average Bonchev–Trinajstić information content (AvgIpc) is 2.75. The molecule has 7 heteroatoms. The summed E-state index contributed by atoms with van der Waals surface area (Å²) in [6.45, 7) is 1.90. The molecule has 0 radical (unpaired) electrons. The van der Waals surface area contributed by atoms with E-state index >= 15 is 0 Å². The highest BCUT2D eigenvalue weighted by molar-refractivity contribution is 6.06. The van der Waals surface area contributed by atoms with E-state index in [-0.39, 0.29) is 17.3 Å². The molecule has 0 atom stereocenters. The van der Waals surface area contributed by atoms with Crippen LogP contribution in [-0.2, 0) is 0 Å². The zero-order valence-electron chi connectivity index (χ0n) is 16.4. The minimum Gasteiger partial charge on any atom is -0.493 e. The molecule has 0 bridgehead atoms. The third-order valence-corrected chi connectivity index (χ3v) is 4.25. The number of nitrogens with one attached hydrogen (secondary N) is 2. The molecule has 148 valence electrons. The molecule has 0 aliphatic rings. The van der Waals surface area contributed by atoms with Crippen LogP contribution in [0.3, 0.4) is 0 Å². The molecule has 1 heterocycles. The lowest BCUT2D eigenvalue weighted by Crippen LogP contribution is -2.18. The number of ether oxygens (including phenoxy) is 2. The van der Waals surface area contributed by atoms with Crippen molar-refractivity contribution in [3.05, 3.63) is 77.6 Å². The lowest BCUT2D eigenvalue weighted by Gasteiger charge is -2.11. The van der Waals surface area contributed by atoms with Crippen LogP contribution in [0.4, 0.5) is 11.4 Å². The molecule has 29 heavy (non-hydrogen) atoms. The number of methoxy groups -OCH3 is 2. The Morgan fingerprint density at radius 3 is 2.10 bits per heavy atom. The first-order chi connectivity index (χ1) is 14.0. The van der Waals surface area contributed by atoms with Gasteiger partial charge in [-0.1, -0.05) is 24.3 Å². The topological polar surface area (TPSA) is 89.5 Å². The molecule has 0 fully saturated rings. The smallest absolute Gasteiger partial charge is 0.274 e. The van der Waals surface area contributed by atoms with Gasteiger partial charge in [-0.3, -0.25) is 9.59 Å². The number of aromatic nitrogens is 1. The van der Waals surface area contributed by atoms with Gasteiger partial charge in [0.25, 0.3) is 11.8 Å². The highest BCUT2D eigenvalue weighted by Gasteiger charge is 2.14. The summed E-state index contributed by atoms with van der Waals surface area (Å²) >= 11 is 0. The summed E-state index contributed by atoms with van der Waals surface area (Å²) < 4.78 is 10.4. The zero-order chi connectivity index (χ0) is 20.8. The Labute approximate surface area is 168 Å². The van der Waals surface area contributed by atoms with Crippen LogP contribution in [0.5, 0.6) is 11.5 Å². The van der Waals surface area contributed by atoms with Crippen LogP contribution in [-0.4, -0.2) is 31.0 Å². The molecule has 3 aromatic rings. The number of anilines is 2. The summed E-state index contributed by atoms with van der Waals surface area (Å²) in [7, 11) is 3.05. The number of hydrogen-bond acceptors (Lipinski definition) is 5. The Bertz CT molecular complexity index is 1050. The Balaban J connectivity index is 1.76. The van der Waals surface area contributed by atoms with Crippen molar-refractivity contribution >= 4 is 23.2 Å². The lowest BCUT2D eigenvalue weighted by atomic mass is 10.2. The summed E-state index contributed by atoms with van der Waals surface area (Å²) in [5.74, 6) is 0.214. The summed E-state index contributed by atoms with van der Waals surface area (Å²) in [6.07, 6.45) is 0. The molecule has 2 aromatic carbocycles. The normalized spacial score (nSPS) is 10.2. The number of aryl methyl sites for hydroxylation is 1. The molecular formula is C22H21N3O4. The van der Waals surface area contributed by atoms with Crippen molar-refractivity contribution in [3.63, 3.8) is 0 Å². The molecule has 0 aliphatic heterocycles. The first-order valence-corrected chi connectivity index (χ1v) is 8.89. The second kappa shape index (κ2) is 8.88.